The Morgan fingerprint density at radius 1 is 1.75 bits per heavy atom. The molecule has 1 aromatic heterocycles. The van der Waals surface area contributed by atoms with Gasteiger partial charge in [-0.05, 0) is 26.8 Å². The second-order valence-electron chi connectivity index (χ2n) is 4.48. The Balaban J connectivity index is 2.87. The molecule has 16 heavy (non-hydrogen) atoms. The lowest BCUT2D eigenvalue weighted by molar-refractivity contribution is -0.145. The predicted octanol–water partition coefficient (Wildman–Crippen LogP) is 2.28. The third kappa shape index (κ3) is 2.51. The predicted molar refractivity (Wildman–Crippen MR) is 62.3 cm³/mol. The molecule has 4 nitrogen and oxygen atoms in total. The van der Waals surface area contributed by atoms with E-state index in [-0.39, 0.29) is 6.04 Å². The summed E-state index contributed by atoms with van der Waals surface area (Å²) in [6.07, 6.45) is 3.70. The second kappa shape index (κ2) is 4.51. The summed E-state index contributed by atoms with van der Waals surface area (Å²) < 4.78 is 1.82. The van der Waals surface area contributed by atoms with Crippen LogP contribution in [0.5, 0.6) is 0 Å². The highest BCUT2D eigenvalue weighted by atomic mass is 16.4. The van der Waals surface area contributed by atoms with Crippen LogP contribution in [0.3, 0.4) is 0 Å². The molecule has 0 aliphatic carbocycles. The van der Waals surface area contributed by atoms with Crippen molar-refractivity contribution in [2.45, 2.75) is 33.2 Å². The Hall–Kier alpha value is -1.58. The fourth-order valence-corrected chi connectivity index (χ4v) is 1.37. The Labute approximate surface area is 95.6 Å². The molecule has 88 valence electrons. The molecule has 4 heteroatoms. The van der Waals surface area contributed by atoms with Gasteiger partial charge in [-0.2, -0.15) is 5.10 Å². The lowest BCUT2D eigenvalue weighted by Gasteiger charge is -2.18. The number of aromatic nitrogens is 2. The lowest BCUT2D eigenvalue weighted by Crippen LogP contribution is -2.27. The summed E-state index contributed by atoms with van der Waals surface area (Å²) in [6.45, 7) is 9.28. The van der Waals surface area contributed by atoms with E-state index in [4.69, 9.17) is 5.11 Å². The van der Waals surface area contributed by atoms with E-state index in [1.54, 1.807) is 6.92 Å². The van der Waals surface area contributed by atoms with Crippen LogP contribution >= 0.6 is 0 Å². The third-order valence-electron chi connectivity index (χ3n) is 2.68. The maximum absolute atomic E-state index is 11.1. The molecule has 0 amide bonds. The molecule has 1 heterocycles. The van der Waals surface area contributed by atoms with Crippen LogP contribution in [0.2, 0.25) is 0 Å². The van der Waals surface area contributed by atoms with Crippen LogP contribution in [-0.4, -0.2) is 20.9 Å². The molecule has 0 fully saturated rings. The summed E-state index contributed by atoms with van der Waals surface area (Å²) in [7, 11) is 0. The average Bonchev–Trinajstić information content (AvgIpc) is 2.65. The number of hydrogen-bond donors (Lipinski definition) is 1. The second-order valence-corrected chi connectivity index (χ2v) is 4.48. The number of carboxylic acids is 1. The van der Waals surface area contributed by atoms with Crippen LogP contribution in [0, 0.1) is 5.41 Å². The van der Waals surface area contributed by atoms with Gasteiger partial charge in [0.25, 0.3) is 0 Å². The van der Waals surface area contributed by atoms with E-state index >= 15 is 0 Å². The standard InChI is InChI=1S/C12H18N2O2/c1-5-12(4,11(15)16)8-10-6-7-14(13-10)9(2)3/h5-7,9H,1,8H2,2-4H3,(H,15,16). The van der Waals surface area contributed by atoms with Crippen molar-refractivity contribution in [3.05, 3.63) is 30.6 Å². The minimum atomic E-state index is -0.948. The van der Waals surface area contributed by atoms with Gasteiger partial charge in [0.2, 0.25) is 0 Å². The largest absolute Gasteiger partial charge is 0.481 e. The van der Waals surface area contributed by atoms with Crippen molar-refractivity contribution in [1.82, 2.24) is 9.78 Å². The van der Waals surface area contributed by atoms with E-state index in [9.17, 15) is 4.79 Å². The molecule has 1 aromatic rings. The van der Waals surface area contributed by atoms with Crippen molar-refractivity contribution in [2.24, 2.45) is 5.41 Å². The Morgan fingerprint density at radius 2 is 2.38 bits per heavy atom. The number of carboxylic acid groups (broad SMARTS) is 1. The van der Waals surface area contributed by atoms with Gasteiger partial charge in [-0.15, -0.1) is 6.58 Å². The van der Waals surface area contributed by atoms with Crippen molar-refractivity contribution in [3.8, 4) is 0 Å². The summed E-state index contributed by atoms with van der Waals surface area (Å²) in [4.78, 5) is 11.1. The molecule has 1 atom stereocenters. The molecule has 0 aliphatic rings. The minimum Gasteiger partial charge on any atom is -0.481 e. The zero-order chi connectivity index (χ0) is 12.3. The minimum absolute atomic E-state index is 0.286. The molecule has 0 aromatic carbocycles. The maximum Gasteiger partial charge on any atom is 0.313 e. The molecular weight excluding hydrogens is 204 g/mol. The lowest BCUT2D eigenvalue weighted by atomic mass is 9.86. The maximum atomic E-state index is 11.1. The van der Waals surface area contributed by atoms with E-state index in [0.717, 1.165) is 5.69 Å². The van der Waals surface area contributed by atoms with Gasteiger partial charge in [0.15, 0.2) is 0 Å². The van der Waals surface area contributed by atoms with Crippen molar-refractivity contribution in [2.75, 3.05) is 0 Å². The van der Waals surface area contributed by atoms with Gasteiger partial charge < -0.3 is 5.11 Å². The van der Waals surface area contributed by atoms with Gasteiger partial charge >= 0.3 is 5.97 Å². The summed E-state index contributed by atoms with van der Waals surface area (Å²) in [6, 6.07) is 2.14. The molecule has 0 saturated carbocycles. The number of hydrogen-bond acceptors (Lipinski definition) is 2. The Bertz CT molecular complexity index is 395. The Morgan fingerprint density at radius 3 is 2.75 bits per heavy atom. The fourth-order valence-electron chi connectivity index (χ4n) is 1.37. The van der Waals surface area contributed by atoms with Crippen LogP contribution in [-0.2, 0) is 11.2 Å². The van der Waals surface area contributed by atoms with E-state index in [2.05, 4.69) is 11.7 Å². The number of carbonyl (C=O) groups is 1. The normalized spacial score (nSPS) is 14.8. The van der Waals surface area contributed by atoms with Crippen LogP contribution in [0.4, 0.5) is 0 Å². The molecule has 1 unspecified atom stereocenters. The molecule has 0 spiro atoms. The SMILES string of the molecule is C=CC(C)(Cc1ccn(C(C)C)n1)C(=O)O. The highest BCUT2D eigenvalue weighted by Gasteiger charge is 2.30. The molecular formula is C12H18N2O2. The van der Waals surface area contributed by atoms with Crippen molar-refractivity contribution in [3.63, 3.8) is 0 Å². The van der Waals surface area contributed by atoms with Crippen molar-refractivity contribution < 1.29 is 9.90 Å². The first-order chi connectivity index (χ1) is 7.39. The highest BCUT2D eigenvalue weighted by Crippen LogP contribution is 2.23. The first-order valence-corrected chi connectivity index (χ1v) is 5.30. The first kappa shape index (κ1) is 12.5. The smallest absolute Gasteiger partial charge is 0.313 e. The average molecular weight is 222 g/mol. The van der Waals surface area contributed by atoms with Gasteiger partial charge in [0.05, 0.1) is 11.1 Å². The zero-order valence-corrected chi connectivity index (χ0v) is 9.97. The molecule has 0 aliphatic heterocycles. The zero-order valence-electron chi connectivity index (χ0n) is 9.97. The summed E-state index contributed by atoms with van der Waals surface area (Å²) >= 11 is 0. The van der Waals surface area contributed by atoms with Gasteiger partial charge in [-0.25, -0.2) is 0 Å². The van der Waals surface area contributed by atoms with Crippen LogP contribution in [0.25, 0.3) is 0 Å². The van der Waals surface area contributed by atoms with E-state index < -0.39 is 11.4 Å². The fraction of sp³-hybridized carbons (Fsp3) is 0.500. The number of nitrogens with zero attached hydrogens (tertiary/aromatic N) is 2. The van der Waals surface area contributed by atoms with Gasteiger partial charge in [0.1, 0.15) is 0 Å². The topological polar surface area (TPSA) is 55.1 Å². The van der Waals surface area contributed by atoms with E-state index in [1.807, 2.05) is 30.8 Å². The first-order valence-electron chi connectivity index (χ1n) is 5.30. The van der Waals surface area contributed by atoms with Crippen LogP contribution < -0.4 is 0 Å². The van der Waals surface area contributed by atoms with Crippen molar-refractivity contribution in [1.29, 1.82) is 0 Å². The third-order valence-corrected chi connectivity index (χ3v) is 2.68. The van der Waals surface area contributed by atoms with Crippen LogP contribution in [0.1, 0.15) is 32.5 Å². The van der Waals surface area contributed by atoms with Crippen LogP contribution in [0.15, 0.2) is 24.9 Å². The molecule has 0 radical (unpaired) electrons. The monoisotopic (exact) mass is 222 g/mol. The number of aliphatic carboxylic acids is 1. The molecule has 0 saturated heterocycles. The highest BCUT2D eigenvalue weighted by molar-refractivity contribution is 5.76. The van der Waals surface area contributed by atoms with E-state index in [1.165, 1.54) is 6.08 Å². The quantitative estimate of drug-likeness (QED) is 0.777. The van der Waals surface area contributed by atoms with Crippen molar-refractivity contribution >= 4 is 5.97 Å². The number of rotatable bonds is 5. The summed E-state index contributed by atoms with van der Waals surface area (Å²) in [5.41, 5.74) is -0.172. The van der Waals surface area contributed by atoms with Gasteiger partial charge in [-0.1, -0.05) is 6.08 Å². The Kier molecular flexibility index (Phi) is 3.52. The molecule has 1 N–H and O–H groups in total. The van der Waals surface area contributed by atoms with Gasteiger partial charge in [-0.3, -0.25) is 9.48 Å². The summed E-state index contributed by atoms with van der Waals surface area (Å²) in [5.74, 6) is -0.874. The summed E-state index contributed by atoms with van der Waals surface area (Å²) in [5, 5.41) is 13.4. The molecule has 0 bridgehead atoms. The molecule has 1 rings (SSSR count). The van der Waals surface area contributed by atoms with E-state index in [0.29, 0.717) is 6.42 Å². The van der Waals surface area contributed by atoms with Gasteiger partial charge in [0, 0.05) is 18.7 Å².